The molecule has 5 nitrogen and oxygen atoms in total. The Bertz CT molecular complexity index is 365. The van der Waals surface area contributed by atoms with E-state index in [0.29, 0.717) is 13.1 Å². The van der Waals surface area contributed by atoms with E-state index in [2.05, 4.69) is 10.3 Å². The molecular weight excluding hydrogens is 220 g/mol. The molecule has 5 heteroatoms. The van der Waals surface area contributed by atoms with E-state index in [9.17, 15) is 15.0 Å². The molecule has 1 aliphatic carbocycles. The van der Waals surface area contributed by atoms with Crippen molar-refractivity contribution in [3.05, 3.63) is 12.2 Å². The number of aliphatic imine (C=N–C) groups is 1. The molecule has 96 valence electrons. The minimum Gasteiger partial charge on any atom is -0.480 e. The second kappa shape index (κ2) is 4.98. The molecule has 3 N–H and O–H groups in total. The van der Waals surface area contributed by atoms with Gasteiger partial charge in [-0.05, 0) is 26.5 Å². The lowest BCUT2D eigenvalue weighted by molar-refractivity contribution is -0.164. The van der Waals surface area contributed by atoms with Crippen molar-refractivity contribution in [3.8, 4) is 0 Å². The predicted molar refractivity (Wildman–Crippen MR) is 66.1 cm³/mol. The van der Waals surface area contributed by atoms with Crippen molar-refractivity contribution in [1.29, 1.82) is 0 Å². The van der Waals surface area contributed by atoms with Gasteiger partial charge in [-0.1, -0.05) is 13.0 Å². The highest BCUT2D eigenvalue weighted by molar-refractivity contribution is 5.99. The highest BCUT2D eigenvalue weighted by Gasteiger charge is 2.52. The Hall–Kier alpha value is -1.20. The first-order chi connectivity index (χ1) is 7.89. The molecule has 0 aromatic carbocycles. The summed E-state index contributed by atoms with van der Waals surface area (Å²) in [6.07, 6.45) is 3.40. The van der Waals surface area contributed by atoms with E-state index in [1.54, 1.807) is 6.08 Å². The lowest BCUT2D eigenvalue weighted by Crippen LogP contribution is -2.62. The van der Waals surface area contributed by atoms with Gasteiger partial charge < -0.3 is 10.2 Å². The Labute approximate surface area is 101 Å². The maximum Gasteiger partial charge on any atom is 0.317 e. The third kappa shape index (κ3) is 2.40. The molecule has 2 unspecified atom stereocenters. The summed E-state index contributed by atoms with van der Waals surface area (Å²) in [5.41, 5.74) is -2.11. The quantitative estimate of drug-likeness (QED) is 0.635. The smallest absolute Gasteiger partial charge is 0.317 e. The Morgan fingerprint density at radius 1 is 1.59 bits per heavy atom. The second-order valence-corrected chi connectivity index (χ2v) is 4.37. The molecule has 17 heavy (non-hydrogen) atoms. The van der Waals surface area contributed by atoms with Crippen LogP contribution in [0.25, 0.3) is 0 Å². The van der Waals surface area contributed by atoms with Crippen LogP contribution in [0.4, 0.5) is 0 Å². The average Bonchev–Trinajstić information content (AvgIpc) is 2.24. The molecule has 0 spiro atoms. The first-order valence-electron chi connectivity index (χ1n) is 5.83. The fourth-order valence-electron chi connectivity index (χ4n) is 2.00. The average molecular weight is 240 g/mol. The molecule has 0 fully saturated rings. The van der Waals surface area contributed by atoms with Crippen molar-refractivity contribution in [1.82, 2.24) is 5.32 Å². The van der Waals surface area contributed by atoms with Crippen LogP contribution in [0.3, 0.4) is 0 Å². The van der Waals surface area contributed by atoms with Gasteiger partial charge in [-0.3, -0.25) is 15.1 Å². The molecular formula is C12H20N2O3. The second-order valence-electron chi connectivity index (χ2n) is 4.37. The summed E-state index contributed by atoms with van der Waals surface area (Å²) in [4.78, 5) is 15.6. The minimum atomic E-state index is -1.49. The van der Waals surface area contributed by atoms with E-state index < -0.39 is 17.1 Å². The normalized spacial score (nSPS) is 35.2. The number of nitrogens with one attached hydrogen (secondary N) is 1. The molecule has 0 radical (unpaired) electrons. The van der Waals surface area contributed by atoms with Crippen LogP contribution in [-0.4, -0.2) is 40.7 Å². The molecule has 0 heterocycles. The summed E-state index contributed by atoms with van der Waals surface area (Å²) < 4.78 is 0. The number of allylic oxidation sites excluding steroid dienone is 1. The molecule has 0 aromatic rings. The van der Waals surface area contributed by atoms with Crippen molar-refractivity contribution in [3.63, 3.8) is 0 Å². The van der Waals surface area contributed by atoms with Crippen LogP contribution in [-0.2, 0) is 4.79 Å². The monoisotopic (exact) mass is 240 g/mol. The van der Waals surface area contributed by atoms with Crippen molar-refractivity contribution >= 4 is 11.7 Å². The molecule has 0 bridgehead atoms. The van der Waals surface area contributed by atoms with Crippen molar-refractivity contribution in [2.24, 2.45) is 10.4 Å². The Morgan fingerprint density at radius 3 is 2.71 bits per heavy atom. The summed E-state index contributed by atoms with van der Waals surface area (Å²) in [7, 11) is 0. The van der Waals surface area contributed by atoms with Crippen molar-refractivity contribution < 1.29 is 15.0 Å². The summed E-state index contributed by atoms with van der Waals surface area (Å²) >= 11 is 0. The third-order valence-electron chi connectivity index (χ3n) is 3.18. The van der Waals surface area contributed by atoms with Gasteiger partial charge in [0.2, 0.25) is 0 Å². The van der Waals surface area contributed by atoms with Crippen LogP contribution in [0.15, 0.2) is 17.1 Å². The molecule has 1 aliphatic rings. The molecule has 0 aromatic heterocycles. The van der Waals surface area contributed by atoms with Gasteiger partial charge in [0, 0.05) is 18.7 Å². The summed E-state index contributed by atoms with van der Waals surface area (Å²) in [6.45, 7) is 6.35. The largest absolute Gasteiger partial charge is 0.480 e. The van der Waals surface area contributed by atoms with E-state index in [1.807, 2.05) is 13.8 Å². The number of aliphatic carboxylic acids is 1. The number of hydrogen-bond acceptors (Lipinski definition) is 4. The number of carboxylic acid groups (broad SMARTS) is 1. The van der Waals surface area contributed by atoms with Crippen molar-refractivity contribution in [2.45, 2.75) is 32.9 Å². The number of carboxylic acids is 1. The molecule has 0 saturated carbocycles. The van der Waals surface area contributed by atoms with E-state index in [0.717, 1.165) is 5.71 Å². The Morgan fingerprint density at radius 2 is 2.24 bits per heavy atom. The number of rotatable bonds is 4. The van der Waals surface area contributed by atoms with Gasteiger partial charge in [0.25, 0.3) is 0 Å². The summed E-state index contributed by atoms with van der Waals surface area (Å²) in [6, 6.07) is 0. The van der Waals surface area contributed by atoms with Gasteiger partial charge in [-0.2, -0.15) is 0 Å². The molecule has 2 atom stereocenters. The highest BCUT2D eigenvalue weighted by atomic mass is 16.4. The first-order valence-corrected chi connectivity index (χ1v) is 5.83. The van der Waals surface area contributed by atoms with Crippen LogP contribution in [0.2, 0.25) is 0 Å². The number of hydrogen-bond donors (Lipinski definition) is 3. The lowest BCUT2D eigenvalue weighted by Gasteiger charge is -2.43. The van der Waals surface area contributed by atoms with Crippen LogP contribution in [0.1, 0.15) is 27.2 Å². The maximum absolute atomic E-state index is 11.3. The zero-order valence-electron chi connectivity index (χ0n) is 10.5. The fraction of sp³-hybridized carbons (Fsp3) is 0.667. The number of nitrogens with zero attached hydrogens (tertiary/aromatic N) is 1. The van der Waals surface area contributed by atoms with Crippen LogP contribution >= 0.6 is 0 Å². The zero-order valence-corrected chi connectivity index (χ0v) is 10.5. The fourth-order valence-corrected chi connectivity index (χ4v) is 2.00. The molecule has 0 aliphatic heterocycles. The first kappa shape index (κ1) is 13.9. The number of aliphatic hydroxyl groups is 1. The van der Waals surface area contributed by atoms with Gasteiger partial charge >= 0.3 is 5.97 Å². The zero-order chi connectivity index (χ0) is 13.1. The third-order valence-corrected chi connectivity index (χ3v) is 3.18. The van der Waals surface area contributed by atoms with Crippen LogP contribution in [0, 0.1) is 5.41 Å². The van der Waals surface area contributed by atoms with E-state index in [1.165, 1.54) is 13.0 Å². The molecule has 0 amide bonds. The van der Waals surface area contributed by atoms with Gasteiger partial charge in [-0.25, -0.2) is 0 Å². The highest BCUT2D eigenvalue weighted by Crippen LogP contribution is 2.37. The lowest BCUT2D eigenvalue weighted by atomic mass is 9.72. The van der Waals surface area contributed by atoms with Gasteiger partial charge in [0.1, 0.15) is 11.1 Å². The molecule has 0 saturated heterocycles. The van der Waals surface area contributed by atoms with E-state index in [4.69, 9.17) is 0 Å². The van der Waals surface area contributed by atoms with Gasteiger partial charge in [-0.15, -0.1) is 0 Å². The number of carbonyl (C=O) groups is 1. The predicted octanol–water partition coefficient (Wildman–Crippen LogP) is 0.796. The minimum absolute atomic E-state index is 0.202. The van der Waals surface area contributed by atoms with Gasteiger partial charge in [0.15, 0.2) is 0 Å². The topological polar surface area (TPSA) is 81.9 Å². The van der Waals surface area contributed by atoms with E-state index >= 15 is 0 Å². The summed E-state index contributed by atoms with van der Waals surface area (Å²) in [5, 5.41) is 22.7. The Balaban J connectivity index is 3.17. The summed E-state index contributed by atoms with van der Waals surface area (Å²) in [5.74, 6) is -1.05. The molecule has 1 rings (SSSR count). The van der Waals surface area contributed by atoms with Crippen LogP contribution in [0.5, 0.6) is 0 Å². The Kier molecular flexibility index (Phi) is 4.06. The standard InChI is InChI=1S/C12H20N2O3/c1-4-13-9-6-7-11(3,10(15)16)12(17,8-9)14-5-2/h6-7,14,17H,4-5,8H2,1-3H3,(H,15,16). The maximum atomic E-state index is 11.3. The van der Waals surface area contributed by atoms with Crippen LogP contribution < -0.4 is 5.32 Å². The SMILES string of the molecule is CCN=C1C=CC(C)(C(=O)O)C(O)(NCC)C1. The van der Waals surface area contributed by atoms with Crippen molar-refractivity contribution in [2.75, 3.05) is 13.1 Å². The van der Waals surface area contributed by atoms with Gasteiger partial charge in [0.05, 0.1) is 0 Å². The van der Waals surface area contributed by atoms with E-state index in [-0.39, 0.29) is 6.42 Å².